The van der Waals surface area contributed by atoms with Gasteiger partial charge >= 0.3 is 0 Å². The van der Waals surface area contributed by atoms with E-state index in [2.05, 4.69) is 39.8 Å². The van der Waals surface area contributed by atoms with Gasteiger partial charge in [-0.25, -0.2) is 0 Å². The number of benzene rings is 1. The van der Waals surface area contributed by atoms with Gasteiger partial charge in [0.1, 0.15) is 5.75 Å². The van der Waals surface area contributed by atoms with Gasteiger partial charge in [0, 0.05) is 0 Å². The molecule has 0 bridgehead atoms. The van der Waals surface area contributed by atoms with Crippen LogP contribution in [0.4, 0.5) is 0 Å². The molecule has 2 atom stereocenters. The van der Waals surface area contributed by atoms with E-state index in [1.807, 2.05) is 6.92 Å². The van der Waals surface area contributed by atoms with Crippen molar-refractivity contribution in [1.29, 1.82) is 0 Å². The second kappa shape index (κ2) is 12.4. The highest BCUT2D eigenvalue weighted by atomic mass is 16.3. The van der Waals surface area contributed by atoms with Crippen molar-refractivity contribution in [3.8, 4) is 5.75 Å². The molecule has 0 heterocycles. The van der Waals surface area contributed by atoms with E-state index >= 15 is 0 Å². The summed E-state index contributed by atoms with van der Waals surface area (Å²) in [7, 11) is 0. The molecule has 0 spiro atoms. The SMILES string of the molecule is CCCCCCCCCC(c1cc(C)cc(C)c1O)C(C)CCCC. The number of unbranched alkanes of at least 4 members (excludes halogenated alkanes) is 7. The molecular formula is C24H42O. The molecule has 0 aliphatic heterocycles. The Balaban J connectivity index is 2.70. The van der Waals surface area contributed by atoms with Crippen molar-refractivity contribution < 1.29 is 5.11 Å². The molecule has 1 rings (SSSR count). The van der Waals surface area contributed by atoms with Gasteiger partial charge in [0.15, 0.2) is 0 Å². The number of phenolic OH excluding ortho intramolecular Hbond substituents is 1. The van der Waals surface area contributed by atoms with Crippen molar-refractivity contribution in [2.24, 2.45) is 5.92 Å². The van der Waals surface area contributed by atoms with Crippen molar-refractivity contribution in [3.05, 3.63) is 28.8 Å². The molecule has 0 radical (unpaired) electrons. The Morgan fingerprint density at radius 3 is 2.04 bits per heavy atom. The van der Waals surface area contributed by atoms with Crippen LogP contribution >= 0.6 is 0 Å². The van der Waals surface area contributed by atoms with Gasteiger partial charge in [-0.3, -0.25) is 0 Å². The third-order valence-electron chi connectivity index (χ3n) is 5.69. The van der Waals surface area contributed by atoms with E-state index in [1.165, 1.54) is 81.8 Å². The maximum atomic E-state index is 10.7. The monoisotopic (exact) mass is 346 g/mol. The molecular weight excluding hydrogens is 304 g/mol. The van der Waals surface area contributed by atoms with E-state index in [1.54, 1.807) is 0 Å². The highest BCUT2D eigenvalue weighted by molar-refractivity contribution is 5.44. The minimum atomic E-state index is 0.501. The van der Waals surface area contributed by atoms with Crippen molar-refractivity contribution in [3.63, 3.8) is 0 Å². The normalized spacial score (nSPS) is 13.8. The van der Waals surface area contributed by atoms with Gasteiger partial charge < -0.3 is 5.11 Å². The van der Waals surface area contributed by atoms with Gasteiger partial charge in [-0.1, -0.05) is 103 Å². The summed E-state index contributed by atoms with van der Waals surface area (Å²) < 4.78 is 0. The summed E-state index contributed by atoms with van der Waals surface area (Å²) in [6.07, 6.45) is 14.5. The number of hydrogen-bond acceptors (Lipinski definition) is 1. The third-order valence-corrected chi connectivity index (χ3v) is 5.69. The summed E-state index contributed by atoms with van der Waals surface area (Å²) in [6.45, 7) is 11.1. The Kier molecular flexibility index (Phi) is 10.9. The fourth-order valence-corrected chi connectivity index (χ4v) is 4.07. The molecule has 1 N–H and O–H groups in total. The fourth-order valence-electron chi connectivity index (χ4n) is 4.07. The van der Waals surface area contributed by atoms with Crippen LogP contribution in [0.25, 0.3) is 0 Å². The molecule has 1 aromatic rings. The van der Waals surface area contributed by atoms with Crippen molar-refractivity contribution in [2.45, 2.75) is 111 Å². The van der Waals surface area contributed by atoms with E-state index in [-0.39, 0.29) is 0 Å². The molecule has 0 aliphatic carbocycles. The first kappa shape index (κ1) is 22.1. The Bertz CT molecular complexity index is 477. The van der Waals surface area contributed by atoms with E-state index < -0.39 is 0 Å². The Hall–Kier alpha value is -0.980. The fraction of sp³-hybridized carbons (Fsp3) is 0.750. The van der Waals surface area contributed by atoms with Crippen LogP contribution in [0.2, 0.25) is 0 Å². The minimum Gasteiger partial charge on any atom is -0.507 e. The van der Waals surface area contributed by atoms with Gasteiger partial charge in [0.2, 0.25) is 0 Å². The summed E-state index contributed by atoms with van der Waals surface area (Å²) >= 11 is 0. The largest absolute Gasteiger partial charge is 0.507 e. The lowest BCUT2D eigenvalue weighted by atomic mass is 9.79. The summed E-state index contributed by atoms with van der Waals surface area (Å²) in [6, 6.07) is 4.33. The molecule has 144 valence electrons. The van der Waals surface area contributed by atoms with Crippen LogP contribution in [0.1, 0.15) is 114 Å². The van der Waals surface area contributed by atoms with E-state index in [9.17, 15) is 5.11 Å². The molecule has 1 aromatic carbocycles. The van der Waals surface area contributed by atoms with Gasteiger partial charge in [0.25, 0.3) is 0 Å². The first-order chi connectivity index (χ1) is 12.0. The zero-order valence-corrected chi connectivity index (χ0v) is 17.5. The summed E-state index contributed by atoms with van der Waals surface area (Å²) in [5.74, 6) is 1.69. The second-order valence-corrected chi connectivity index (χ2v) is 8.16. The van der Waals surface area contributed by atoms with Crippen LogP contribution in [0.15, 0.2) is 12.1 Å². The highest BCUT2D eigenvalue weighted by Crippen LogP contribution is 2.39. The van der Waals surface area contributed by atoms with Crippen LogP contribution < -0.4 is 0 Å². The van der Waals surface area contributed by atoms with Crippen molar-refractivity contribution in [1.82, 2.24) is 0 Å². The average molecular weight is 347 g/mol. The molecule has 0 amide bonds. The van der Waals surface area contributed by atoms with Crippen LogP contribution in [0.5, 0.6) is 5.75 Å². The van der Waals surface area contributed by atoms with Gasteiger partial charge in [0.05, 0.1) is 0 Å². The standard InChI is InChI=1S/C24H42O/c1-6-8-10-11-12-13-14-16-22(20(4)15-9-7-2)23-18-19(3)17-21(5)24(23)25/h17-18,20,22,25H,6-16H2,1-5H3. The lowest BCUT2D eigenvalue weighted by molar-refractivity contribution is 0.367. The topological polar surface area (TPSA) is 20.2 Å². The molecule has 0 fully saturated rings. The smallest absolute Gasteiger partial charge is 0.121 e. The number of phenols is 1. The lowest BCUT2D eigenvalue weighted by Gasteiger charge is -2.26. The minimum absolute atomic E-state index is 0.501. The molecule has 25 heavy (non-hydrogen) atoms. The average Bonchev–Trinajstić information content (AvgIpc) is 2.58. The van der Waals surface area contributed by atoms with Gasteiger partial charge in [-0.15, -0.1) is 0 Å². The predicted molar refractivity (Wildman–Crippen MR) is 112 cm³/mol. The van der Waals surface area contributed by atoms with E-state index in [4.69, 9.17) is 0 Å². The molecule has 0 saturated heterocycles. The summed E-state index contributed by atoms with van der Waals surface area (Å²) in [4.78, 5) is 0. The first-order valence-electron chi connectivity index (χ1n) is 10.8. The van der Waals surface area contributed by atoms with Gasteiger partial charge in [-0.2, -0.15) is 0 Å². The zero-order chi connectivity index (χ0) is 18.7. The van der Waals surface area contributed by atoms with E-state index in [0.717, 1.165) is 5.56 Å². The van der Waals surface area contributed by atoms with Crippen molar-refractivity contribution >= 4 is 0 Å². The number of aromatic hydroxyl groups is 1. The Labute approximate surface area is 157 Å². The van der Waals surface area contributed by atoms with Crippen LogP contribution in [0, 0.1) is 19.8 Å². The lowest BCUT2D eigenvalue weighted by Crippen LogP contribution is -2.11. The van der Waals surface area contributed by atoms with E-state index in [0.29, 0.717) is 17.6 Å². The second-order valence-electron chi connectivity index (χ2n) is 8.16. The zero-order valence-electron chi connectivity index (χ0n) is 17.5. The highest BCUT2D eigenvalue weighted by Gasteiger charge is 2.22. The third kappa shape index (κ3) is 7.84. The molecule has 2 unspecified atom stereocenters. The molecule has 0 saturated carbocycles. The molecule has 0 aliphatic rings. The molecule has 0 aromatic heterocycles. The summed E-state index contributed by atoms with van der Waals surface area (Å²) in [5, 5.41) is 10.7. The van der Waals surface area contributed by atoms with Gasteiger partial charge in [-0.05, 0) is 43.2 Å². The van der Waals surface area contributed by atoms with Crippen LogP contribution in [-0.2, 0) is 0 Å². The maximum absolute atomic E-state index is 10.7. The number of rotatable bonds is 13. The number of aryl methyl sites for hydroxylation is 2. The molecule has 1 nitrogen and oxygen atoms in total. The summed E-state index contributed by atoms with van der Waals surface area (Å²) in [5.41, 5.74) is 3.51. The molecule has 1 heteroatoms. The van der Waals surface area contributed by atoms with Crippen LogP contribution in [0.3, 0.4) is 0 Å². The maximum Gasteiger partial charge on any atom is 0.121 e. The Morgan fingerprint density at radius 2 is 1.40 bits per heavy atom. The Morgan fingerprint density at radius 1 is 0.800 bits per heavy atom. The van der Waals surface area contributed by atoms with Crippen molar-refractivity contribution in [2.75, 3.05) is 0 Å². The predicted octanol–water partition coefficient (Wildman–Crippen LogP) is 8.06. The quantitative estimate of drug-likeness (QED) is 0.358. The van der Waals surface area contributed by atoms with Crippen LogP contribution in [-0.4, -0.2) is 5.11 Å². The first-order valence-corrected chi connectivity index (χ1v) is 10.8. The number of hydrogen-bond donors (Lipinski definition) is 1.